The van der Waals surface area contributed by atoms with Crippen LogP contribution < -0.4 is 10.2 Å². The van der Waals surface area contributed by atoms with Gasteiger partial charge in [-0.2, -0.15) is 0 Å². The van der Waals surface area contributed by atoms with Crippen molar-refractivity contribution in [3.05, 3.63) is 52.4 Å². The quantitative estimate of drug-likeness (QED) is 0.575. The molecule has 2 fully saturated rings. The van der Waals surface area contributed by atoms with Crippen molar-refractivity contribution in [2.45, 2.75) is 50.3 Å². The largest absolute Gasteiger partial charge is 0.387 e. The molecule has 1 aliphatic heterocycles. The van der Waals surface area contributed by atoms with Crippen molar-refractivity contribution in [3.8, 4) is 0 Å². The summed E-state index contributed by atoms with van der Waals surface area (Å²) in [5, 5.41) is 14.7. The fourth-order valence-electron chi connectivity index (χ4n) is 5.28. The average molecular weight is 470 g/mol. The second-order valence-corrected chi connectivity index (χ2v) is 10.1. The van der Waals surface area contributed by atoms with Crippen LogP contribution in [0.1, 0.15) is 60.9 Å². The normalized spacial score (nSPS) is 25.0. The molecule has 8 heteroatoms. The zero-order valence-electron chi connectivity index (χ0n) is 19.0. The number of rotatable bonds is 8. The molecule has 0 spiro atoms. The zero-order chi connectivity index (χ0) is 22.9. The Labute approximate surface area is 200 Å². The SMILES string of the molecule is C[C@@H]1C[C@@H](O)c2ncnc(N3CCN(C(NCC4CC4)C(C=O)c4ccc(Cl)cc4)CC3)c21. The van der Waals surface area contributed by atoms with E-state index in [1.54, 1.807) is 6.33 Å². The molecule has 3 aliphatic rings. The molecule has 0 bridgehead atoms. The van der Waals surface area contributed by atoms with Crippen molar-refractivity contribution in [1.82, 2.24) is 20.2 Å². The van der Waals surface area contributed by atoms with Gasteiger partial charge in [0.15, 0.2) is 0 Å². The summed E-state index contributed by atoms with van der Waals surface area (Å²) >= 11 is 6.09. The summed E-state index contributed by atoms with van der Waals surface area (Å²) in [4.78, 5) is 25.9. The number of fused-ring (bicyclic) bond motifs is 1. The minimum absolute atomic E-state index is 0.0525. The molecular formula is C25H32ClN5O2. The number of piperazine rings is 1. The van der Waals surface area contributed by atoms with Crippen LogP contribution in [0.5, 0.6) is 0 Å². The Morgan fingerprint density at radius 2 is 1.91 bits per heavy atom. The Morgan fingerprint density at radius 3 is 2.58 bits per heavy atom. The molecule has 0 radical (unpaired) electrons. The number of hydrogen-bond donors (Lipinski definition) is 2. The van der Waals surface area contributed by atoms with Gasteiger partial charge in [-0.3, -0.25) is 4.90 Å². The second-order valence-electron chi connectivity index (χ2n) is 9.68. The lowest BCUT2D eigenvalue weighted by Crippen LogP contribution is -2.57. The first-order chi connectivity index (χ1) is 16.0. The first kappa shape index (κ1) is 22.7. The number of aliphatic hydroxyl groups is 1. The predicted molar refractivity (Wildman–Crippen MR) is 129 cm³/mol. The lowest BCUT2D eigenvalue weighted by Gasteiger charge is -2.42. The predicted octanol–water partition coefficient (Wildman–Crippen LogP) is 3.10. The van der Waals surface area contributed by atoms with Gasteiger partial charge in [-0.15, -0.1) is 0 Å². The second kappa shape index (κ2) is 9.66. The number of carbonyl (C=O) groups excluding carboxylic acids is 1. The molecule has 2 aliphatic carbocycles. The van der Waals surface area contributed by atoms with E-state index >= 15 is 0 Å². The minimum Gasteiger partial charge on any atom is -0.387 e. The van der Waals surface area contributed by atoms with Crippen LogP contribution in [0, 0.1) is 5.92 Å². The lowest BCUT2D eigenvalue weighted by molar-refractivity contribution is -0.111. The van der Waals surface area contributed by atoms with Crippen molar-refractivity contribution >= 4 is 23.7 Å². The average Bonchev–Trinajstić information content (AvgIpc) is 3.62. The van der Waals surface area contributed by atoms with E-state index in [0.29, 0.717) is 11.4 Å². The van der Waals surface area contributed by atoms with Gasteiger partial charge in [-0.05, 0) is 55.3 Å². The van der Waals surface area contributed by atoms with Crippen molar-refractivity contribution in [3.63, 3.8) is 0 Å². The summed E-state index contributed by atoms with van der Waals surface area (Å²) in [5.41, 5.74) is 2.86. The van der Waals surface area contributed by atoms with Crippen LogP contribution >= 0.6 is 11.6 Å². The molecule has 2 aromatic rings. The minimum atomic E-state index is -0.498. The van der Waals surface area contributed by atoms with Gasteiger partial charge < -0.3 is 20.1 Å². The molecule has 176 valence electrons. The molecule has 0 amide bonds. The van der Waals surface area contributed by atoms with Gasteiger partial charge in [0.25, 0.3) is 0 Å². The van der Waals surface area contributed by atoms with Gasteiger partial charge in [-0.25, -0.2) is 9.97 Å². The number of nitrogens with zero attached hydrogens (tertiary/aromatic N) is 4. The van der Waals surface area contributed by atoms with Crippen LogP contribution in [-0.4, -0.2) is 65.2 Å². The fraction of sp³-hybridized carbons (Fsp3) is 0.560. The Kier molecular flexibility index (Phi) is 6.65. The van der Waals surface area contributed by atoms with E-state index in [2.05, 4.69) is 32.0 Å². The van der Waals surface area contributed by atoms with Gasteiger partial charge >= 0.3 is 0 Å². The van der Waals surface area contributed by atoms with Crippen molar-refractivity contribution in [1.29, 1.82) is 0 Å². The van der Waals surface area contributed by atoms with Gasteiger partial charge in [0.05, 0.1) is 23.9 Å². The molecule has 4 atom stereocenters. The molecule has 33 heavy (non-hydrogen) atoms. The number of aldehydes is 1. The van der Waals surface area contributed by atoms with Gasteiger partial charge in [0.2, 0.25) is 0 Å². The van der Waals surface area contributed by atoms with Crippen LogP contribution in [0.2, 0.25) is 5.02 Å². The van der Waals surface area contributed by atoms with E-state index < -0.39 is 6.10 Å². The molecule has 1 aromatic carbocycles. The molecule has 2 unspecified atom stereocenters. The molecule has 2 N–H and O–H groups in total. The number of benzene rings is 1. The van der Waals surface area contributed by atoms with E-state index in [9.17, 15) is 9.90 Å². The molecule has 5 rings (SSSR count). The summed E-state index contributed by atoms with van der Waals surface area (Å²) in [6.45, 7) is 6.38. The van der Waals surface area contributed by atoms with Gasteiger partial charge in [-0.1, -0.05) is 30.7 Å². The third kappa shape index (κ3) is 4.78. The number of anilines is 1. The van der Waals surface area contributed by atoms with E-state index in [-0.39, 0.29) is 18.0 Å². The number of aromatic nitrogens is 2. The number of halogens is 1. The highest BCUT2D eigenvalue weighted by Gasteiger charge is 2.36. The topological polar surface area (TPSA) is 81.6 Å². The monoisotopic (exact) mass is 469 g/mol. The van der Waals surface area contributed by atoms with E-state index in [0.717, 1.165) is 67.6 Å². The van der Waals surface area contributed by atoms with Gasteiger partial charge in [0.1, 0.15) is 18.4 Å². The first-order valence-electron chi connectivity index (χ1n) is 12.0. The summed E-state index contributed by atoms with van der Waals surface area (Å²) in [6.07, 6.45) is 5.33. The smallest absolute Gasteiger partial charge is 0.135 e. The summed E-state index contributed by atoms with van der Waals surface area (Å²) in [5.74, 6) is 1.67. The van der Waals surface area contributed by atoms with Crippen LogP contribution in [0.15, 0.2) is 30.6 Å². The maximum Gasteiger partial charge on any atom is 0.135 e. The Bertz CT molecular complexity index is 975. The maximum atomic E-state index is 12.3. The summed E-state index contributed by atoms with van der Waals surface area (Å²) < 4.78 is 0. The molecule has 1 aromatic heterocycles. The third-order valence-corrected chi connectivity index (χ3v) is 7.59. The number of carbonyl (C=O) groups is 1. The highest BCUT2D eigenvalue weighted by atomic mass is 35.5. The van der Waals surface area contributed by atoms with Crippen LogP contribution in [-0.2, 0) is 4.79 Å². The molecule has 7 nitrogen and oxygen atoms in total. The number of nitrogens with one attached hydrogen (secondary N) is 1. The van der Waals surface area contributed by atoms with E-state index in [4.69, 9.17) is 11.6 Å². The number of hydrogen-bond acceptors (Lipinski definition) is 7. The fourth-order valence-corrected chi connectivity index (χ4v) is 5.40. The van der Waals surface area contributed by atoms with E-state index in [1.807, 2.05) is 24.3 Å². The molecule has 1 saturated carbocycles. The Morgan fingerprint density at radius 1 is 1.18 bits per heavy atom. The van der Waals surface area contributed by atoms with Crippen molar-refractivity contribution in [2.24, 2.45) is 5.92 Å². The first-order valence-corrected chi connectivity index (χ1v) is 12.4. The van der Waals surface area contributed by atoms with Crippen LogP contribution in [0.3, 0.4) is 0 Å². The maximum absolute atomic E-state index is 12.3. The van der Waals surface area contributed by atoms with Crippen LogP contribution in [0.25, 0.3) is 0 Å². The molecule has 2 heterocycles. The highest BCUT2D eigenvalue weighted by molar-refractivity contribution is 6.30. The number of aliphatic hydroxyl groups excluding tert-OH is 1. The summed E-state index contributed by atoms with van der Waals surface area (Å²) in [6, 6.07) is 7.63. The molecular weight excluding hydrogens is 438 g/mol. The lowest BCUT2D eigenvalue weighted by atomic mass is 9.95. The van der Waals surface area contributed by atoms with Gasteiger partial charge in [0, 0.05) is 36.8 Å². The Balaban J connectivity index is 1.33. The Hall–Kier alpha value is -2.06. The van der Waals surface area contributed by atoms with E-state index in [1.165, 1.54) is 12.8 Å². The zero-order valence-corrected chi connectivity index (χ0v) is 19.8. The van der Waals surface area contributed by atoms with Crippen molar-refractivity contribution < 1.29 is 9.90 Å². The van der Waals surface area contributed by atoms with Crippen molar-refractivity contribution in [2.75, 3.05) is 37.6 Å². The highest BCUT2D eigenvalue weighted by Crippen LogP contribution is 2.43. The molecule has 1 saturated heterocycles. The third-order valence-electron chi connectivity index (χ3n) is 7.34. The summed E-state index contributed by atoms with van der Waals surface area (Å²) in [7, 11) is 0. The standard InChI is InChI=1S/C25H32ClN5O2/c1-16-12-21(33)23-22(16)25(29-15-28-23)31-10-8-30(9-11-31)24(27-13-17-2-3-17)20(14-32)18-4-6-19(26)7-5-18/h4-7,14-17,20-21,24,27,33H,2-3,8-13H2,1H3/t16-,20?,21-,24?/m1/s1. The van der Waals surface area contributed by atoms with Crippen LogP contribution in [0.4, 0.5) is 5.82 Å².